The lowest BCUT2D eigenvalue weighted by molar-refractivity contribution is 0.0602. The van der Waals surface area contributed by atoms with E-state index in [9.17, 15) is 9.18 Å². The summed E-state index contributed by atoms with van der Waals surface area (Å²) in [4.78, 5) is 11.5. The van der Waals surface area contributed by atoms with Gasteiger partial charge in [0.2, 0.25) is 0 Å². The quantitative estimate of drug-likeness (QED) is 0.665. The molecule has 0 saturated heterocycles. The first-order valence-corrected chi connectivity index (χ1v) is 5.77. The summed E-state index contributed by atoms with van der Waals surface area (Å²) in [6.45, 7) is 1.87. The van der Waals surface area contributed by atoms with Gasteiger partial charge in [0.25, 0.3) is 0 Å². The molecule has 2 rings (SSSR count). The van der Waals surface area contributed by atoms with Crippen LogP contribution >= 0.6 is 0 Å². The van der Waals surface area contributed by atoms with E-state index in [1.165, 1.54) is 19.2 Å². The lowest BCUT2D eigenvalue weighted by atomic mass is 9.97. The smallest absolute Gasteiger partial charge is 0.339 e. The molecule has 0 radical (unpaired) electrons. The maximum atomic E-state index is 12.9. The molecule has 0 unspecified atom stereocenters. The van der Waals surface area contributed by atoms with Crippen LogP contribution in [0.2, 0.25) is 0 Å². The van der Waals surface area contributed by atoms with Crippen LogP contribution < -0.4 is 5.73 Å². The second-order valence-electron chi connectivity index (χ2n) is 4.25. The normalized spacial score (nSPS) is 10.3. The number of hydrogen-bond acceptors (Lipinski definition) is 3. The Hall–Kier alpha value is -2.36. The summed E-state index contributed by atoms with van der Waals surface area (Å²) < 4.78 is 17.6. The van der Waals surface area contributed by atoms with Crippen molar-refractivity contribution in [2.75, 3.05) is 12.8 Å². The third-order valence-electron chi connectivity index (χ3n) is 2.96. The molecule has 0 bridgehead atoms. The van der Waals surface area contributed by atoms with Crippen molar-refractivity contribution in [3.05, 3.63) is 53.3 Å². The number of methoxy groups -OCH3 is 1. The van der Waals surface area contributed by atoms with Crippen LogP contribution in [-0.2, 0) is 4.74 Å². The predicted octanol–water partition coefficient (Wildman–Crippen LogP) is 3.17. The summed E-state index contributed by atoms with van der Waals surface area (Å²) >= 11 is 0. The molecule has 4 heteroatoms. The maximum Gasteiger partial charge on any atom is 0.339 e. The fraction of sp³-hybridized carbons (Fsp3) is 0.133. The van der Waals surface area contributed by atoms with Crippen LogP contribution in [0.1, 0.15) is 15.9 Å². The Morgan fingerprint density at radius 3 is 2.42 bits per heavy atom. The van der Waals surface area contributed by atoms with Crippen LogP contribution in [0.3, 0.4) is 0 Å². The minimum Gasteiger partial charge on any atom is -0.465 e. The number of aryl methyl sites for hydroxylation is 1. The van der Waals surface area contributed by atoms with Crippen LogP contribution in [0.25, 0.3) is 11.1 Å². The van der Waals surface area contributed by atoms with Crippen molar-refractivity contribution in [1.29, 1.82) is 0 Å². The number of nitrogens with two attached hydrogens (primary N) is 1. The van der Waals surface area contributed by atoms with Crippen molar-refractivity contribution in [3.63, 3.8) is 0 Å². The van der Waals surface area contributed by atoms with Gasteiger partial charge in [-0.15, -0.1) is 0 Å². The molecule has 2 N–H and O–H groups in total. The molecule has 0 spiro atoms. The molecule has 98 valence electrons. The van der Waals surface area contributed by atoms with E-state index in [1.807, 2.05) is 6.92 Å². The van der Waals surface area contributed by atoms with Gasteiger partial charge in [0.15, 0.2) is 0 Å². The summed E-state index contributed by atoms with van der Waals surface area (Å²) in [7, 11) is 1.31. The molecule has 0 aliphatic heterocycles. The van der Waals surface area contributed by atoms with Crippen molar-refractivity contribution < 1.29 is 13.9 Å². The molecule has 0 atom stereocenters. The summed E-state index contributed by atoms with van der Waals surface area (Å²) in [6.07, 6.45) is 0. The SMILES string of the molecule is COC(=O)c1cc(C)c(-c2ccc(F)cc2)cc1N. The average molecular weight is 259 g/mol. The zero-order chi connectivity index (χ0) is 14.0. The Labute approximate surface area is 110 Å². The summed E-state index contributed by atoms with van der Waals surface area (Å²) in [5, 5.41) is 0. The first-order chi connectivity index (χ1) is 9.02. The van der Waals surface area contributed by atoms with E-state index in [1.54, 1.807) is 24.3 Å². The van der Waals surface area contributed by atoms with Gasteiger partial charge < -0.3 is 10.5 Å². The molecular weight excluding hydrogens is 245 g/mol. The van der Waals surface area contributed by atoms with Crippen LogP contribution in [-0.4, -0.2) is 13.1 Å². The zero-order valence-corrected chi connectivity index (χ0v) is 10.7. The third-order valence-corrected chi connectivity index (χ3v) is 2.96. The Kier molecular flexibility index (Phi) is 3.51. The van der Waals surface area contributed by atoms with E-state index >= 15 is 0 Å². The molecular formula is C15H14FNO2. The molecule has 0 amide bonds. The Morgan fingerprint density at radius 1 is 1.21 bits per heavy atom. The van der Waals surface area contributed by atoms with Crippen molar-refractivity contribution in [1.82, 2.24) is 0 Å². The molecule has 2 aromatic carbocycles. The van der Waals surface area contributed by atoms with Crippen molar-refractivity contribution in [3.8, 4) is 11.1 Å². The van der Waals surface area contributed by atoms with Gasteiger partial charge in [0.05, 0.1) is 12.7 Å². The fourth-order valence-corrected chi connectivity index (χ4v) is 1.95. The summed E-state index contributed by atoms with van der Waals surface area (Å²) in [5.41, 5.74) is 9.13. The highest BCUT2D eigenvalue weighted by Gasteiger charge is 2.13. The lowest BCUT2D eigenvalue weighted by Gasteiger charge is -2.11. The van der Waals surface area contributed by atoms with Crippen LogP contribution in [0, 0.1) is 12.7 Å². The number of halogens is 1. The van der Waals surface area contributed by atoms with Crippen LogP contribution in [0.15, 0.2) is 36.4 Å². The number of carbonyl (C=O) groups is 1. The van der Waals surface area contributed by atoms with Crippen molar-refractivity contribution in [2.45, 2.75) is 6.92 Å². The Balaban J connectivity index is 2.52. The van der Waals surface area contributed by atoms with E-state index in [2.05, 4.69) is 4.74 Å². The zero-order valence-electron chi connectivity index (χ0n) is 10.7. The number of hydrogen-bond donors (Lipinski definition) is 1. The third kappa shape index (κ3) is 2.57. The number of esters is 1. The Bertz CT molecular complexity index is 621. The molecule has 0 aliphatic rings. The van der Waals surface area contributed by atoms with E-state index in [0.717, 1.165) is 16.7 Å². The second kappa shape index (κ2) is 5.10. The number of nitrogen functional groups attached to an aromatic ring is 1. The molecule has 19 heavy (non-hydrogen) atoms. The van der Waals surface area contributed by atoms with Gasteiger partial charge in [0.1, 0.15) is 5.82 Å². The average Bonchev–Trinajstić information content (AvgIpc) is 2.41. The number of rotatable bonds is 2. The van der Waals surface area contributed by atoms with E-state index < -0.39 is 5.97 Å². The summed E-state index contributed by atoms with van der Waals surface area (Å²) in [5.74, 6) is -0.758. The predicted molar refractivity (Wildman–Crippen MR) is 72.3 cm³/mol. The van der Waals surface area contributed by atoms with Gasteiger partial charge in [-0.25, -0.2) is 9.18 Å². The molecule has 0 heterocycles. The van der Waals surface area contributed by atoms with Crippen LogP contribution in [0.4, 0.5) is 10.1 Å². The van der Waals surface area contributed by atoms with E-state index in [4.69, 9.17) is 5.73 Å². The topological polar surface area (TPSA) is 52.3 Å². The van der Waals surface area contributed by atoms with E-state index in [0.29, 0.717) is 11.3 Å². The highest BCUT2D eigenvalue weighted by molar-refractivity contribution is 5.96. The minimum atomic E-state index is -0.466. The number of carbonyl (C=O) groups excluding carboxylic acids is 1. The van der Waals surface area contributed by atoms with Gasteiger partial charge in [-0.05, 0) is 47.9 Å². The molecule has 3 nitrogen and oxygen atoms in total. The molecule has 0 aliphatic carbocycles. The van der Waals surface area contributed by atoms with E-state index in [-0.39, 0.29) is 5.82 Å². The van der Waals surface area contributed by atoms with Crippen molar-refractivity contribution >= 4 is 11.7 Å². The standard InChI is InChI=1S/C15H14FNO2/c1-9-7-13(15(18)19-2)14(17)8-12(9)10-3-5-11(16)6-4-10/h3-8H,17H2,1-2H3. The largest absolute Gasteiger partial charge is 0.465 e. The highest BCUT2D eigenvalue weighted by atomic mass is 19.1. The first-order valence-electron chi connectivity index (χ1n) is 5.77. The van der Waals surface area contributed by atoms with Gasteiger partial charge >= 0.3 is 5.97 Å². The Morgan fingerprint density at radius 2 is 1.84 bits per heavy atom. The lowest BCUT2D eigenvalue weighted by Crippen LogP contribution is -2.06. The van der Waals surface area contributed by atoms with Crippen molar-refractivity contribution in [2.24, 2.45) is 0 Å². The molecule has 0 saturated carbocycles. The fourth-order valence-electron chi connectivity index (χ4n) is 1.95. The molecule has 0 aromatic heterocycles. The monoisotopic (exact) mass is 259 g/mol. The first kappa shape index (κ1) is 13.1. The number of ether oxygens (including phenoxy) is 1. The van der Waals surface area contributed by atoms with Gasteiger partial charge in [-0.1, -0.05) is 12.1 Å². The van der Waals surface area contributed by atoms with Crippen LogP contribution in [0.5, 0.6) is 0 Å². The maximum absolute atomic E-state index is 12.9. The van der Waals surface area contributed by atoms with Gasteiger partial charge in [0, 0.05) is 5.69 Å². The summed E-state index contributed by atoms with van der Waals surface area (Å²) in [6, 6.07) is 9.51. The minimum absolute atomic E-state index is 0.291. The highest BCUT2D eigenvalue weighted by Crippen LogP contribution is 2.28. The molecule has 0 fully saturated rings. The molecule has 2 aromatic rings. The second-order valence-corrected chi connectivity index (χ2v) is 4.25. The van der Waals surface area contributed by atoms with Gasteiger partial charge in [-0.3, -0.25) is 0 Å². The number of anilines is 1. The van der Waals surface area contributed by atoms with Gasteiger partial charge in [-0.2, -0.15) is 0 Å². The number of benzene rings is 2.